The Morgan fingerprint density at radius 1 is 1.06 bits per heavy atom. The standard InChI is InChI=1S/C24H17Br2N3O3/c1-32-20-11-15(21(25)22(26)23(20)30)13-27-29-24(31)17-12-19(14-7-3-2-4-8-14)28-18-10-6-5-9-16(17)18/h2-13,30H,1H3,(H,29,31)/b27-13+. The zero-order chi connectivity index (χ0) is 22.7. The number of carbonyl (C=O) groups excluding carboxylic acids is 1. The van der Waals surface area contributed by atoms with Crippen LogP contribution >= 0.6 is 31.9 Å². The van der Waals surface area contributed by atoms with Crippen LogP contribution in [0, 0.1) is 0 Å². The van der Waals surface area contributed by atoms with E-state index in [0.717, 1.165) is 16.5 Å². The van der Waals surface area contributed by atoms with Crippen LogP contribution in [-0.4, -0.2) is 29.3 Å². The van der Waals surface area contributed by atoms with Crippen LogP contribution in [0.3, 0.4) is 0 Å². The number of carbonyl (C=O) groups is 1. The molecule has 4 rings (SSSR count). The van der Waals surface area contributed by atoms with E-state index in [1.807, 2.05) is 54.6 Å². The van der Waals surface area contributed by atoms with Gasteiger partial charge in [0.1, 0.15) is 0 Å². The summed E-state index contributed by atoms with van der Waals surface area (Å²) in [7, 11) is 1.46. The van der Waals surface area contributed by atoms with Gasteiger partial charge in [0.2, 0.25) is 0 Å². The van der Waals surface area contributed by atoms with Crippen molar-refractivity contribution in [2.75, 3.05) is 7.11 Å². The van der Waals surface area contributed by atoms with E-state index in [0.29, 0.717) is 25.8 Å². The molecule has 0 unspecified atom stereocenters. The third-order valence-corrected chi connectivity index (χ3v) is 6.95. The first kappa shape index (κ1) is 22.0. The number of methoxy groups -OCH3 is 1. The van der Waals surface area contributed by atoms with Crippen LogP contribution in [0.4, 0.5) is 0 Å². The Morgan fingerprint density at radius 2 is 1.78 bits per heavy atom. The Morgan fingerprint density at radius 3 is 2.53 bits per heavy atom. The summed E-state index contributed by atoms with van der Waals surface area (Å²) < 4.78 is 6.17. The number of fused-ring (bicyclic) bond motifs is 1. The molecule has 3 aromatic carbocycles. The lowest BCUT2D eigenvalue weighted by atomic mass is 10.0. The van der Waals surface area contributed by atoms with Crippen LogP contribution in [0.15, 0.2) is 80.8 Å². The fourth-order valence-corrected chi connectivity index (χ4v) is 4.03. The summed E-state index contributed by atoms with van der Waals surface area (Å²) in [5.41, 5.74) is 6.00. The molecule has 0 fully saturated rings. The highest BCUT2D eigenvalue weighted by Gasteiger charge is 2.15. The van der Waals surface area contributed by atoms with Crippen molar-refractivity contribution in [1.29, 1.82) is 0 Å². The number of nitrogens with one attached hydrogen (secondary N) is 1. The van der Waals surface area contributed by atoms with Crippen molar-refractivity contribution < 1.29 is 14.6 Å². The average Bonchev–Trinajstić information content (AvgIpc) is 2.83. The Balaban J connectivity index is 1.67. The number of hydrogen-bond acceptors (Lipinski definition) is 5. The van der Waals surface area contributed by atoms with Crippen LogP contribution in [0.5, 0.6) is 11.5 Å². The molecule has 0 saturated carbocycles. The number of hydrogen-bond donors (Lipinski definition) is 2. The van der Waals surface area contributed by atoms with Crippen LogP contribution in [0.1, 0.15) is 15.9 Å². The molecular weight excluding hydrogens is 538 g/mol. The lowest BCUT2D eigenvalue weighted by Crippen LogP contribution is -2.18. The number of amides is 1. The minimum absolute atomic E-state index is 0.0303. The Labute approximate surface area is 201 Å². The first-order chi connectivity index (χ1) is 15.5. The van der Waals surface area contributed by atoms with Crippen molar-refractivity contribution in [1.82, 2.24) is 10.4 Å². The van der Waals surface area contributed by atoms with E-state index in [1.54, 1.807) is 12.1 Å². The third kappa shape index (κ3) is 4.37. The molecule has 0 radical (unpaired) electrons. The molecule has 160 valence electrons. The number of aromatic nitrogens is 1. The molecule has 0 atom stereocenters. The summed E-state index contributed by atoms with van der Waals surface area (Å²) in [6.07, 6.45) is 1.47. The summed E-state index contributed by atoms with van der Waals surface area (Å²) in [5.74, 6) is -0.115. The second kappa shape index (κ2) is 9.50. The molecule has 2 N–H and O–H groups in total. The van der Waals surface area contributed by atoms with Crippen molar-refractivity contribution >= 4 is 54.9 Å². The molecule has 0 aliphatic rings. The van der Waals surface area contributed by atoms with E-state index in [1.165, 1.54) is 13.3 Å². The van der Waals surface area contributed by atoms with Gasteiger partial charge in [0.25, 0.3) is 5.91 Å². The maximum absolute atomic E-state index is 13.0. The molecule has 0 aliphatic carbocycles. The van der Waals surface area contributed by atoms with Gasteiger partial charge in [0.05, 0.1) is 34.6 Å². The monoisotopic (exact) mass is 553 g/mol. The topological polar surface area (TPSA) is 83.8 Å². The number of halogens is 2. The van der Waals surface area contributed by atoms with Gasteiger partial charge in [-0.1, -0.05) is 48.5 Å². The highest BCUT2D eigenvalue weighted by atomic mass is 79.9. The molecule has 1 aromatic heterocycles. The van der Waals surface area contributed by atoms with Gasteiger partial charge in [-0.3, -0.25) is 4.79 Å². The number of phenolic OH excluding ortho intramolecular Hbond substituents is 1. The molecule has 8 heteroatoms. The Kier molecular flexibility index (Phi) is 6.53. The van der Waals surface area contributed by atoms with Crippen molar-refractivity contribution in [2.24, 2.45) is 5.10 Å². The summed E-state index contributed by atoms with van der Waals surface area (Å²) in [5, 5.41) is 14.9. The Bertz CT molecular complexity index is 1340. The summed E-state index contributed by atoms with van der Waals surface area (Å²) >= 11 is 6.70. The maximum atomic E-state index is 13.0. The van der Waals surface area contributed by atoms with E-state index in [2.05, 4.69) is 42.4 Å². The zero-order valence-corrected chi connectivity index (χ0v) is 20.0. The first-order valence-corrected chi connectivity index (χ1v) is 11.1. The van der Waals surface area contributed by atoms with Gasteiger partial charge in [-0.15, -0.1) is 0 Å². The number of benzene rings is 3. The lowest BCUT2D eigenvalue weighted by Gasteiger charge is -2.10. The fourth-order valence-electron chi connectivity index (χ4n) is 3.20. The van der Waals surface area contributed by atoms with E-state index in [9.17, 15) is 9.90 Å². The van der Waals surface area contributed by atoms with Gasteiger partial charge in [0.15, 0.2) is 11.5 Å². The number of phenols is 1. The molecule has 32 heavy (non-hydrogen) atoms. The first-order valence-electron chi connectivity index (χ1n) is 9.53. The SMILES string of the molecule is COc1cc(/C=N/NC(=O)c2cc(-c3ccccc3)nc3ccccc23)c(Br)c(Br)c1O. The predicted molar refractivity (Wildman–Crippen MR) is 132 cm³/mol. The minimum atomic E-state index is -0.363. The molecule has 1 amide bonds. The van der Waals surface area contributed by atoms with Gasteiger partial charge in [-0.25, -0.2) is 10.4 Å². The summed E-state index contributed by atoms with van der Waals surface area (Å²) in [6.45, 7) is 0. The van der Waals surface area contributed by atoms with Crippen molar-refractivity contribution in [3.63, 3.8) is 0 Å². The zero-order valence-electron chi connectivity index (χ0n) is 16.8. The van der Waals surface area contributed by atoms with Crippen LogP contribution in [0.25, 0.3) is 22.2 Å². The van der Waals surface area contributed by atoms with Gasteiger partial charge in [-0.05, 0) is 50.1 Å². The highest BCUT2D eigenvalue weighted by molar-refractivity contribution is 9.13. The smallest absolute Gasteiger partial charge is 0.272 e. The second-order valence-electron chi connectivity index (χ2n) is 6.78. The molecule has 4 aromatic rings. The van der Waals surface area contributed by atoms with Gasteiger partial charge >= 0.3 is 0 Å². The second-order valence-corrected chi connectivity index (χ2v) is 8.37. The maximum Gasteiger partial charge on any atom is 0.272 e. The predicted octanol–water partition coefficient (Wildman–Crippen LogP) is 5.90. The number of para-hydroxylation sites is 1. The molecule has 0 bridgehead atoms. The lowest BCUT2D eigenvalue weighted by molar-refractivity contribution is 0.0956. The van der Waals surface area contributed by atoms with E-state index in [-0.39, 0.29) is 17.4 Å². The van der Waals surface area contributed by atoms with Crippen LogP contribution < -0.4 is 10.2 Å². The largest absolute Gasteiger partial charge is 0.503 e. The number of aromatic hydroxyl groups is 1. The van der Waals surface area contributed by atoms with E-state index < -0.39 is 0 Å². The van der Waals surface area contributed by atoms with E-state index >= 15 is 0 Å². The van der Waals surface area contributed by atoms with Crippen molar-refractivity contribution in [3.05, 3.63) is 86.8 Å². The number of rotatable bonds is 5. The molecule has 0 aliphatic heterocycles. The van der Waals surface area contributed by atoms with E-state index in [4.69, 9.17) is 9.72 Å². The summed E-state index contributed by atoms with van der Waals surface area (Å²) in [4.78, 5) is 17.7. The molecular formula is C24H17Br2N3O3. The molecule has 1 heterocycles. The molecule has 6 nitrogen and oxygen atoms in total. The quantitative estimate of drug-likeness (QED) is 0.237. The van der Waals surface area contributed by atoms with Gasteiger partial charge in [0, 0.05) is 21.0 Å². The highest BCUT2D eigenvalue weighted by Crippen LogP contribution is 2.41. The third-order valence-electron chi connectivity index (χ3n) is 4.79. The number of pyridine rings is 1. The Hall–Kier alpha value is -3.23. The van der Waals surface area contributed by atoms with Gasteiger partial charge < -0.3 is 9.84 Å². The number of ether oxygens (including phenoxy) is 1. The van der Waals surface area contributed by atoms with Crippen LogP contribution in [0.2, 0.25) is 0 Å². The molecule has 0 spiro atoms. The van der Waals surface area contributed by atoms with Crippen molar-refractivity contribution in [3.8, 4) is 22.8 Å². The molecule has 0 saturated heterocycles. The summed E-state index contributed by atoms with van der Waals surface area (Å²) in [6, 6.07) is 20.5. The minimum Gasteiger partial charge on any atom is -0.503 e. The van der Waals surface area contributed by atoms with Crippen molar-refractivity contribution in [2.45, 2.75) is 0 Å². The normalized spacial score (nSPS) is 11.1. The fraction of sp³-hybridized carbons (Fsp3) is 0.0417. The van der Waals surface area contributed by atoms with Gasteiger partial charge in [-0.2, -0.15) is 5.10 Å². The number of hydrazone groups is 1. The average molecular weight is 555 g/mol. The van der Waals surface area contributed by atoms with Crippen LogP contribution in [-0.2, 0) is 0 Å². The number of nitrogens with zero attached hydrogens (tertiary/aromatic N) is 2.